The fourth-order valence-electron chi connectivity index (χ4n) is 3.50. The molecule has 1 saturated heterocycles. The molecule has 3 aromatic rings. The molecular weight excluding hydrogens is 398 g/mol. The normalized spacial score (nSPS) is 17.9. The lowest BCUT2D eigenvalue weighted by Gasteiger charge is -2.22. The van der Waals surface area contributed by atoms with E-state index < -0.39 is 16.1 Å². The smallest absolute Gasteiger partial charge is 0.245 e. The van der Waals surface area contributed by atoms with E-state index in [9.17, 15) is 8.42 Å². The Labute approximate surface area is 169 Å². The molecule has 28 heavy (non-hydrogen) atoms. The Morgan fingerprint density at radius 1 is 1.18 bits per heavy atom. The van der Waals surface area contributed by atoms with Gasteiger partial charge in [0.1, 0.15) is 6.04 Å². The number of sulfonamides is 1. The summed E-state index contributed by atoms with van der Waals surface area (Å²) in [5.74, 6) is 0.704. The molecular formula is C20H20ClN3O3S. The van der Waals surface area contributed by atoms with Crippen molar-refractivity contribution < 1.29 is 12.9 Å². The van der Waals surface area contributed by atoms with Crippen molar-refractivity contribution in [2.75, 3.05) is 6.54 Å². The molecule has 1 unspecified atom stereocenters. The predicted molar refractivity (Wildman–Crippen MR) is 107 cm³/mol. The van der Waals surface area contributed by atoms with Crippen LogP contribution in [0.1, 0.15) is 35.9 Å². The molecule has 0 amide bonds. The molecule has 1 aromatic heterocycles. The van der Waals surface area contributed by atoms with Gasteiger partial charge in [-0.05, 0) is 56.0 Å². The Morgan fingerprint density at radius 3 is 2.79 bits per heavy atom. The minimum Gasteiger partial charge on any atom is -0.337 e. The average Bonchev–Trinajstić information content (AvgIpc) is 3.33. The van der Waals surface area contributed by atoms with Crippen LogP contribution < -0.4 is 0 Å². The number of halogens is 1. The van der Waals surface area contributed by atoms with E-state index in [1.165, 1.54) is 4.31 Å². The van der Waals surface area contributed by atoms with Gasteiger partial charge in [0.2, 0.25) is 21.7 Å². The maximum Gasteiger partial charge on any atom is 0.245 e. The van der Waals surface area contributed by atoms with Gasteiger partial charge in [-0.25, -0.2) is 8.42 Å². The minimum atomic E-state index is -3.67. The second-order valence-corrected chi connectivity index (χ2v) is 9.30. The van der Waals surface area contributed by atoms with Gasteiger partial charge in [-0.1, -0.05) is 41.0 Å². The first-order valence-electron chi connectivity index (χ1n) is 9.05. The summed E-state index contributed by atoms with van der Waals surface area (Å²) >= 11 is 6.03. The molecule has 1 aliphatic heterocycles. The second kappa shape index (κ2) is 7.31. The molecule has 0 radical (unpaired) electrons. The Hall–Kier alpha value is -2.22. The summed E-state index contributed by atoms with van der Waals surface area (Å²) in [7, 11) is -3.67. The molecule has 2 heterocycles. The summed E-state index contributed by atoms with van der Waals surface area (Å²) in [5, 5.41) is 4.60. The summed E-state index contributed by atoms with van der Waals surface area (Å²) < 4.78 is 33.6. The Kier molecular flexibility index (Phi) is 4.99. The fourth-order valence-corrected chi connectivity index (χ4v) is 5.65. The first-order chi connectivity index (χ1) is 13.4. The van der Waals surface area contributed by atoms with E-state index in [0.717, 1.165) is 23.1 Å². The number of aryl methyl sites for hydroxylation is 2. The van der Waals surface area contributed by atoms with Crippen LogP contribution >= 0.6 is 11.6 Å². The van der Waals surface area contributed by atoms with Gasteiger partial charge in [0.25, 0.3) is 0 Å². The lowest BCUT2D eigenvalue weighted by Crippen LogP contribution is -2.31. The highest BCUT2D eigenvalue weighted by Crippen LogP contribution is 2.37. The zero-order valence-corrected chi connectivity index (χ0v) is 17.2. The molecule has 6 nitrogen and oxygen atoms in total. The van der Waals surface area contributed by atoms with Gasteiger partial charge < -0.3 is 4.52 Å². The second-order valence-electron chi connectivity index (χ2n) is 7.01. The van der Waals surface area contributed by atoms with E-state index in [0.29, 0.717) is 34.6 Å². The van der Waals surface area contributed by atoms with Gasteiger partial charge in [-0.2, -0.15) is 9.29 Å². The zero-order chi connectivity index (χ0) is 19.9. The molecule has 4 rings (SSSR count). The van der Waals surface area contributed by atoms with Crippen LogP contribution in [0.25, 0.3) is 11.4 Å². The third-order valence-corrected chi connectivity index (χ3v) is 7.23. The molecule has 1 aliphatic rings. The quantitative estimate of drug-likeness (QED) is 0.623. The van der Waals surface area contributed by atoms with E-state index >= 15 is 0 Å². The lowest BCUT2D eigenvalue weighted by molar-refractivity contribution is 0.290. The molecule has 0 spiro atoms. The van der Waals surface area contributed by atoms with Gasteiger partial charge >= 0.3 is 0 Å². The van der Waals surface area contributed by atoms with Gasteiger partial charge in [0.15, 0.2) is 0 Å². The van der Waals surface area contributed by atoms with Crippen LogP contribution in [0, 0.1) is 13.8 Å². The van der Waals surface area contributed by atoms with Gasteiger partial charge in [-0.3, -0.25) is 0 Å². The summed E-state index contributed by atoms with van der Waals surface area (Å²) in [6.45, 7) is 4.12. The summed E-state index contributed by atoms with van der Waals surface area (Å²) in [6.07, 6.45) is 1.38. The highest BCUT2D eigenvalue weighted by atomic mass is 35.5. The van der Waals surface area contributed by atoms with E-state index in [1.807, 2.05) is 25.1 Å². The molecule has 0 saturated carbocycles. The van der Waals surface area contributed by atoms with Crippen molar-refractivity contribution in [1.82, 2.24) is 14.4 Å². The predicted octanol–water partition coefficient (Wildman–Crippen LogP) is 4.53. The van der Waals surface area contributed by atoms with Crippen molar-refractivity contribution in [2.24, 2.45) is 0 Å². The zero-order valence-electron chi connectivity index (χ0n) is 15.6. The third kappa shape index (κ3) is 3.45. The Bertz CT molecular complexity index is 1130. The molecule has 1 fully saturated rings. The van der Waals surface area contributed by atoms with Crippen LogP contribution in [-0.4, -0.2) is 29.4 Å². The van der Waals surface area contributed by atoms with E-state index in [4.69, 9.17) is 16.1 Å². The number of hydrogen-bond acceptors (Lipinski definition) is 5. The highest BCUT2D eigenvalue weighted by Gasteiger charge is 2.40. The molecule has 0 N–H and O–H groups in total. The van der Waals surface area contributed by atoms with Crippen molar-refractivity contribution in [3.05, 3.63) is 64.5 Å². The third-order valence-electron chi connectivity index (χ3n) is 4.94. The van der Waals surface area contributed by atoms with E-state index in [2.05, 4.69) is 10.1 Å². The molecule has 146 valence electrons. The molecule has 0 bridgehead atoms. The topological polar surface area (TPSA) is 76.3 Å². The highest BCUT2D eigenvalue weighted by molar-refractivity contribution is 7.89. The maximum absolute atomic E-state index is 13.3. The number of aromatic nitrogens is 2. The van der Waals surface area contributed by atoms with Gasteiger partial charge in [0, 0.05) is 17.1 Å². The van der Waals surface area contributed by atoms with Crippen LogP contribution in [0.4, 0.5) is 0 Å². The van der Waals surface area contributed by atoms with Crippen molar-refractivity contribution in [1.29, 1.82) is 0 Å². The monoisotopic (exact) mass is 417 g/mol. The molecule has 2 aromatic carbocycles. The van der Waals surface area contributed by atoms with Gasteiger partial charge in [0.05, 0.1) is 4.90 Å². The number of hydrogen-bond donors (Lipinski definition) is 0. The van der Waals surface area contributed by atoms with Crippen molar-refractivity contribution >= 4 is 21.6 Å². The molecule has 0 aliphatic carbocycles. The fraction of sp³-hybridized carbons (Fsp3) is 0.300. The van der Waals surface area contributed by atoms with Crippen LogP contribution in [0.15, 0.2) is 51.9 Å². The van der Waals surface area contributed by atoms with Crippen LogP contribution in [0.5, 0.6) is 0 Å². The number of benzene rings is 2. The van der Waals surface area contributed by atoms with E-state index in [1.54, 1.807) is 31.2 Å². The summed E-state index contributed by atoms with van der Waals surface area (Å²) in [6, 6.07) is 12.1. The van der Waals surface area contributed by atoms with Gasteiger partial charge in [-0.15, -0.1) is 0 Å². The maximum atomic E-state index is 13.3. The summed E-state index contributed by atoms with van der Waals surface area (Å²) in [5.41, 5.74) is 2.35. The standard InChI is InChI=1S/C20H20ClN3O3S/c1-13-8-9-14(2)18(11-13)28(25,26)24-10-4-7-17(24)20-22-19(23-27-20)15-5-3-6-16(21)12-15/h3,5-6,8-9,11-12,17H,4,7,10H2,1-2H3. The van der Waals surface area contributed by atoms with Crippen LogP contribution in [0.3, 0.4) is 0 Å². The molecule has 8 heteroatoms. The minimum absolute atomic E-state index is 0.307. The Balaban J connectivity index is 1.68. The SMILES string of the molecule is Cc1ccc(C)c(S(=O)(=O)N2CCCC2c2nc(-c3cccc(Cl)c3)no2)c1. The van der Waals surface area contributed by atoms with E-state index in [-0.39, 0.29) is 0 Å². The Morgan fingerprint density at radius 2 is 2.00 bits per heavy atom. The lowest BCUT2D eigenvalue weighted by atomic mass is 10.2. The summed E-state index contributed by atoms with van der Waals surface area (Å²) in [4.78, 5) is 4.79. The van der Waals surface area contributed by atoms with Crippen molar-refractivity contribution in [2.45, 2.75) is 37.6 Å². The van der Waals surface area contributed by atoms with Crippen LogP contribution in [0.2, 0.25) is 5.02 Å². The molecule has 1 atom stereocenters. The first-order valence-corrected chi connectivity index (χ1v) is 10.9. The van der Waals surface area contributed by atoms with Crippen molar-refractivity contribution in [3.63, 3.8) is 0 Å². The van der Waals surface area contributed by atoms with Crippen molar-refractivity contribution in [3.8, 4) is 11.4 Å². The number of nitrogens with zero attached hydrogens (tertiary/aromatic N) is 3. The van der Waals surface area contributed by atoms with Crippen LogP contribution in [-0.2, 0) is 10.0 Å². The largest absolute Gasteiger partial charge is 0.337 e. The number of rotatable bonds is 4. The average molecular weight is 418 g/mol. The first kappa shape index (κ1) is 19.1.